The summed E-state index contributed by atoms with van der Waals surface area (Å²) in [6, 6.07) is 10.2. The van der Waals surface area contributed by atoms with E-state index in [1.54, 1.807) is 6.07 Å². The van der Waals surface area contributed by atoms with E-state index in [1.165, 1.54) is 37.4 Å². The predicted molar refractivity (Wildman–Crippen MR) is 137 cm³/mol. The van der Waals surface area contributed by atoms with Gasteiger partial charge in [-0.05, 0) is 49.4 Å². The van der Waals surface area contributed by atoms with Gasteiger partial charge in [-0.15, -0.1) is 0 Å². The van der Waals surface area contributed by atoms with Gasteiger partial charge in [-0.2, -0.15) is 13.2 Å². The first-order chi connectivity index (χ1) is 18.7. The van der Waals surface area contributed by atoms with Crippen molar-refractivity contribution >= 4 is 34.3 Å². The largest absolute Gasteiger partial charge is 0.489 e. The summed E-state index contributed by atoms with van der Waals surface area (Å²) < 4.78 is 62.8. The minimum atomic E-state index is -5.34. The number of benzene rings is 2. The Kier molecular flexibility index (Phi) is 6.50. The van der Waals surface area contributed by atoms with Crippen molar-refractivity contribution in [3.05, 3.63) is 82.4 Å². The van der Waals surface area contributed by atoms with Crippen LogP contribution in [0.25, 0.3) is 22.2 Å². The Morgan fingerprint density at radius 2 is 1.90 bits per heavy atom. The molecule has 208 valence electrons. The van der Waals surface area contributed by atoms with Crippen molar-refractivity contribution in [1.29, 1.82) is 0 Å². The number of amides is 2. The molecule has 0 fully saturated rings. The summed E-state index contributed by atoms with van der Waals surface area (Å²) in [5.41, 5.74) is -0.131. The van der Waals surface area contributed by atoms with Crippen molar-refractivity contribution in [3.63, 3.8) is 0 Å². The Bertz CT molecular complexity index is 1660. The zero-order valence-corrected chi connectivity index (χ0v) is 21.5. The minimum absolute atomic E-state index is 0.0253. The van der Waals surface area contributed by atoms with Crippen molar-refractivity contribution < 1.29 is 37.0 Å². The number of aliphatic hydroxyl groups is 1. The van der Waals surface area contributed by atoms with Crippen molar-refractivity contribution in [3.8, 4) is 17.0 Å². The van der Waals surface area contributed by atoms with Crippen LogP contribution in [-0.2, 0) is 15.8 Å². The summed E-state index contributed by atoms with van der Waals surface area (Å²) in [4.78, 5) is 32.1. The van der Waals surface area contributed by atoms with E-state index in [4.69, 9.17) is 22.1 Å². The van der Waals surface area contributed by atoms with Crippen LogP contribution in [0.15, 0.2) is 54.7 Å². The van der Waals surface area contributed by atoms with E-state index in [9.17, 15) is 32.3 Å². The van der Waals surface area contributed by atoms with Gasteiger partial charge >= 0.3 is 6.18 Å². The molecule has 2 aromatic heterocycles. The average Bonchev–Trinajstić information content (AvgIpc) is 3.48. The van der Waals surface area contributed by atoms with E-state index in [0.29, 0.717) is 15.9 Å². The molecule has 2 amide bonds. The standard InChI is InChI=1S/C27H21ClF4N4O4/c1-25(24(33)38)12-40-22-18(25)9-20(36-21(22)13-2-5-15(29)6-3-13)26(39,27(30,31)32)11-35-23(37)17-10-34-19-8-14(28)4-7-16(17)19/h2-10,34,39H,11-12H2,1H3,(H2,33,38)(H,35,37)/t25-,26-/m0/s1. The number of fused-ring (bicyclic) bond motifs is 2. The van der Waals surface area contributed by atoms with Crippen LogP contribution in [0.2, 0.25) is 5.02 Å². The minimum Gasteiger partial charge on any atom is -0.489 e. The van der Waals surface area contributed by atoms with E-state index < -0.39 is 47.1 Å². The number of aromatic nitrogens is 2. The number of pyridine rings is 1. The Morgan fingerprint density at radius 1 is 1.20 bits per heavy atom. The summed E-state index contributed by atoms with van der Waals surface area (Å²) in [5, 5.41) is 14.1. The molecule has 8 nitrogen and oxygen atoms in total. The van der Waals surface area contributed by atoms with Crippen molar-refractivity contribution in [2.75, 3.05) is 13.2 Å². The molecule has 2 atom stereocenters. The fourth-order valence-corrected chi connectivity index (χ4v) is 4.70. The molecule has 0 aliphatic carbocycles. The fraction of sp³-hybridized carbons (Fsp3) is 0.222. The summed E-state index contributed by atoms with van der Waals surface area (Å²) in [6.07, 6.45) is -4.03. The number of alkyl halides is 3. The lowest BCUT2D eigenvalue weighted by molar-refractivity contribution is -0.265. The number of hydrogen-bond donors (Lipinski definition) is 4. The lowest BCUT2D eigenvalue weighted by Crippen LogP contribution is -2.51. The summed E-state index contributed by atoms with van der Waals surface area (Å²) in [7, 11) is 0. The third-order valence-corrected chi connectivity index (χ3v) is 7.26. The maximum atomic E-state index is 14.5. The molecule has 4 aromatic rings. The van der Waals surface area contributed by atoms with E-state index >= 15 is 0 Å². The van der Waals surface area contributed by atoms with Crippen LogP contribution in [0.1, 0.15) is 28.5 Å². The molecule has 2 aromatic carbocycles. The highest BCUT2D eigenvalue weighted by molar-refractivity contribution is 6.31. The number of nitrogens with one attached hydrogen (secondary N) is 2. The van der Waals surface area contributed by atoms with Gasteiger partial charge in [-0.25, -0.2) is 9.37 Å². The van der Waals surface area contributed by atoms with Crippen LogP contribution in [-0.4, -0.2) is 46.2 Å². The van der Waals surface area contributed by atoms with Crippen LogP contribution in [0.3, 0.4) is 0 Å². The zero-order chi connectivity index (χ0) is 29.0. The number of nitrogens with two attached hydrogens (primary N) is 1. The molecule has 40 heavy (non-hydrogen) atoms. The van der Waals surface area contributed by atoms with E-state index in [2.05, 4.69) is 15.3 Å². The van der Waals surface area contributed by atoms with E-state index in [-0.39, 0.29) is 34.7 Å². The number of nitrogens with zero attached hydrogens (tertiary/aromatic N) is 1. The molecule has 0 saturated carbocycles. The maximum Gasteiger partial charge on any atom is 0.424 e. The molecule has 0 bridgehead atoms. The SMILES string of the molecule is C[C@]1(C(N)=O)COc2c1cc([C@@](O)(CNC(=O)c1c[nH]c3cc(Cl)ccc13)C(F)(F)F)nc2-c1ccc(F)cc1. The molecular formula is C27H21ClF4N4O4. The fourth-order valence-electron chi connectivity index (χ4n) is 4.53. The Hall–Kier alpha value is -4.16. The molecule has 5 rings (SSSR count). The first-order valence-electron chi connectivity index (χ1n) is 11.8. The highest BCUT2D eigenvalue weighted by Gasteiger charge is 2.57. The number of ether oxygens (including phenoxy) is 1. The summed E-state index contributed by atoms with van der Waals surface area (Å²) >= 11 is 5.95. The number of H-pyrrole nitrogens is 1. The average molecular weight is 577 g/mol. The molecule has 0 saturated heterocycles. The number of carbonyl (C=O) groups excluding carboxylic acids is 2. The number of aromatic amines is 1. The van der Waals surface area contributed by atoms with Crippen molar-refractivity contribution in [1.82, 2.24) is 15.3 Å². The number of primary amides is 1. The van der Waals surface area contributed by atoms with Gasteiger partial charge in [0.1, 0.15) is 29.3 Å². The second-order valence-electron chi connectivity index (χ2n) is 9.66. The molecular weight excluding hydrogens is 556 g/mol. The van der Waals surface area contributed by atoms with Gasteiger partial charge < -0.3 is 25.9 Å². The monoisotopic (exact) mass is 576 g/mol. The van der Waals surface area contributed by atoms with E-state index in [0.717, 1.165) is 18.2 Å². The lowest BCUT2D eigenvalue weighted by atomic mass is 9.81. The number of carbonyl (C=O) groups is 2. The predicted octanol–water partition coefficient (Wildman–Crippen LogP) is 4.34. The van der Waals surface area contributed by atoms with Gasteiger partial charge in [0.05, 0.1) is 17.8 Å². The third-order valence-electron chi connectivity index (χ3n) is 7.02. The second kappa shape index (κ2) is 9.49. The van der Waals surface area contributed by atoms with E-state index in [1.807, 2.05) is 0 Å². The Balaban J connectivity index is 1.60. The molecule has 1 aliphatic heterocycles. The number of rotatable bonds is 6. The highest BCUT2D eigenvalue weighted by atomic mass is 35.5. The lowest BCUT2D eigenvalue weighted by Gasteiger charge is -2.31. The highest BCUT2D eigenvalue weighted by Crippen LogP contribution is 2.47. The number of hydrogen-bond acceptors (Lipinski definition) is 5. The molecule has 0 spiro atoms. The van der Waals surface area contributed by atoms with Crippen LogP contribution >= 0.6 is 11.6 Å². The first-order valence-corrected chi connectivity index (χ1v) is 12.2. The van der Waals surface area contributed by atoms with Gasteiger partial charge in [0.2, 0.25) is 11.5 Å². The quantitative estimate of drug-likeness (QED) is 0.254. The molecule has 0 unspecified atom stereocenters. The second-order valence-corrected chi connectivity index (χ2v) is 10.1. The summed E-state index contributed by atoms with van der Waals surface area (Å²) in [6.45, 7) is -0.224. The molecule has 0 radical (unpaired) electrons. The Labute approximate surface area is 229 Å². The van der Waals surface area contributed by atoms with Gasteiger partial charge in [0, 0.05) is 33.2 Å². The number of halogens is 5. The maximum absolute atomic E-state index is 14.5. The smallest absolute Gasteiger partial charge is 0.424 e. The normalized spacial score (nSPS) is 18.2. The van der Waals surface area contributed by atoms with Gasteiger partial charge in [0.25, 0.3) is 5.91 Å². The first kappa shape index (κ1) is 27.4. The van der Waals surface area contributed by atoms with Crippen LogP contribution in [0.4, 0.5) is 17.6 Å². The molecule has 13 heteroatoms. The van der Waals surface area contributed by atoms with Gasteiger partial charge in [-0.1, -0.05) is 17.7 Å². The van der Waals surface area contributed by atoms with Crippen LogP contribution < -0.4 is 15.8 Å². The molecule has 3 heterocycles. The van der Waals surface area contributed by atoms with Crippen molar-refractivity contribution in [2.24, 2.45) is 5.73 Å². The van der Waals surface area contributed by atoms with Gasteiger partial charge in [0.15, 0.2) is 0 Å². The summed E-state index contributed by atoms with van der Waals surface area (Å²) in [5.74, 6) is -2.41. The Morgan fingerprint density at radius 3 is 2.55 bits per heavy atom. The molecule has 1 aliphatic rings. The molecule has 5 N–H and O–H groups in total. The van der Waals surface area contributed by atoms with Crippen LogP contribution in [0, 0.1) is 5.82 Å². The zero-order valence-electron chi connectivity index (χ0n) is 20.7. The topological polar surface area (TPSA) is 130 Å². The van der Waals surface area contributed by atoms with Gasteiger partial charge in [-0.3, -0.25) is 9.59 Å². The van der Waals surface area contributed by atoms with Crippen LogP contribution in [0.5, 0.6) is 5.75 Å². The van der Waals surface area contributed by atoms with Crippen molar-refractivity contribution in [2.45, 2.75) is 24.1 Å². The third kappa shape index (κ3) is 4.42.